The molecule has 0 radical (unpaired) electrons. The topological polar surface area (TPSA) is 83.5 Å². The van der Waals surface area contributed by atoms with E-state index in [1.807, 2.05) is 0 Å². The average molecular weight is 408 g/mol. The van der Waals surface area contributed by atoms with Crippen LogP contribution >= 0.6 is 0 Å². The summed E-state index contributed by atoms with van der Waals surface area (Å²) in [6.45, 7) is 0.217. The van der Waals surface area contributed by atoms with Crippen molar-refractivity contribution >= 4 is 27.3 Å². The fourth-order valence-corrected chi connectivity index (χ4v) is 3.56. The van der Waals surface area contributed by atoms with Crippen LogP contribution in [0.1, 0.15) is 27.1 Å². The number of likely N-dealkylation sites (tertiary alicyclic amines) is 1. The number of amides is 2. The monoisotopic (exact) mass is 408 g/mol. The van der Waals surface area contributed by atoms with Crippen molar-refractivity contribution in [2.24, 2.45) is 0 Å². The summed E-state index contributed by atoms with van der Waals surface area (Å²) in [5.41, 5.74) is 0.248. The van der Waals surface area contributed by atoms with Gasteiger partial charge in [0.05, 0.1) is 11.4 Å². The predicted molar refractivity (Wildman–Crippen MR) is 99.3 cm³/mol. The molecule has 2 aromatic carbocycles. The first-order valence-corrected chi connectivity index (χ1v) is 10.4. The van der Waals surface area contributed by atoms with Crippen molar-refractivity contribution < 1.29 is 26.8 Å². The normalized spacial score (nSPS) is 16.8. The number of nitrogens with one attached hydrogen (secondary N) is 1. The highest BCUT2D eigenvalue weighted by Gasteiger charge is 2.27. The Morgan fingerprint density at radius 1 is 1.11 bits per heavy atom. The summed E-state index contributed by atoms with van der Waals surface area (Å²) >= 11 is 0. The van der Waals surface area contributed by atoms with Gasteiger partial charge in [-0.2, -0.15) is 0 Å². The fourth-order valence-electron chi connectivity index (χ4n) is 2.93. The third kappa shape index (κ3) is 4.53. The van der Waals surface area contributed by atoms with E-state index >= 15 is 0 Å². The molecule has 1 atom stereocenters. The van der Waals surface area contributed by atoms with Gasteiger partial charge in [0, 0.05) is 29.6 Å². The van der Waals surface area contributed by atoms with E-state index in [9.17, 15) is 26.8 Å². The minimum atomic E-state index is -3.39. The number of rotatable bonds is 4. The molecule has 1 saturated heterocycles. The number of nitrogens with zero attached hydrogens (tertiary/aromatic N) is 1. The van der Waals surface area contributed by atoms with Gasteiger partial charge in [0.15, 0.2) is 9.84 Å². The maximum Gasteiger partial charge on any atom is 0.255 e. The third-order valence-electron chi connectivity index (χ3n) is 4.37. The van der Waals surface area contributed by atoms with E-state index in [4.69, 9.17) is 0 Å². The second-order valence-electron chi connectivity index (χ2n) is 6.62. The highest BCUT2D eigenvalue weighted by molar-refractivity contribution is 7.90. The van der Waals surface area contributed by atoms with Crippen LogP contribution < -0.4 is 5.32 Å². The maximum absolute atomic E-state index is 13.9. The molecule has 0 unspecified atom stereocenters. The smallest absolute Gasteiger partial charge is 0.255 e. The number of carbonyl (C=O) groups is 2. The molecule has 148 valence electrons. The highest BCUT2D eigenvalue weighted by atomic mass is 32.2. The molecule has 2 amide bonds. The largest absolute Gasteiger partial charge is 0.336 e. The minimum Gasteiger partial charge on any atom is -0.336 e. The van der Waals surface area contributed by atoms with Gasteiger partial charge in [-0.05, 0) is 48.9 Å². The number of anilines is 1. The molecule has 3 rings (SSSR count). The number of hydrogen-bond donors (Lipinski definition) is 1. The van der Waals surface area contributed by atoms with Crippen LogP contribution in [0.5, 0.6) is 0 Å². The molecule has 2 aromatic rings. The van der Waals surface area contributed by atoms with E-state index in [1.54, 1.807) is 0 Å². The molecular formula is C19H18F2N2O4S. The van der Waals surface area contributed by atoms with Crippen LogP contribution in [0.4, 0.5) is 14.5 Å². The van der Waals surface area contributed by atoms with Gasteiger partial charge >= 0.3 is 0 Å². The quantitative estimate of drug-likeness (QED) is 0.843. The highest BCUT2D eigenvalue weighted by Crippen LogP contribution is 2.20. The van der Waals surface area contributed by atoms with Crippen molar-refractivity contribution in [3.05, 3.63) is 59.4 Å². The van der Waals surface area contributed by atoms with Crippen molar-refractivity contribution in [2.75, 3.05) is 24.7 Å². The van der Waals surface area contributed by atoms with Gasteiger partial charge in [0.2, 0.25) is 0 Å². The van der Waals surface area contributed by atoms with Gasteiger partial charge in [-0.3, -0.25) is 9.59 Å². The van der Waals surface area contributed by atoms with Gasteiger partial charge in [-0.15, -0.1) is 0 Å². The molecule has 0 aliphatic carbocycles. The molecule has 1 heterocycles. The number of hydrogen-bond acceptors (Lipinski definition) is 4. The van der Waals surface area contributed by atoms with Gasteiger partial charge < -0.3 is 10.2 Å². The van der Waals surface area contributed by atoms with Crippen LogP contribution in [0.2, 0.25) is 0 Å². The Morgan fingerprint density at radius 2 is 1.79 bits per heavy atom. The molecule has 1 aliphatic heterocycles. The van der Waals surface area contributed by atoms with Crippen LogP contribution in [-0.4, -0.2) is 50.6 Å². The van der Waals surface area contributed by atoms with E-state index < -0.39 is 33.6 Å². The maximum atomic E-state index is 13.9. The number of carbonyl (C=O) groups excluding carboxylic acids is 2. The van der Waals surface area contributed by atoms with Crippen molar-refractivity contribution in [1.82, 2.24) is 4.90 Å². The fraction of sp³-hybridized carbons (Fsp3) is 0.263. The summed E-state index contributed by atoms with van der Waals surface area (Å²) in [5, 5.41) is 2.48. The average Bonchev–Trinajstić information content (AvgIpc) is 3.06. The van der Waals surface area contributed by atoms with Crippen molar-refractivity contribution in [3.63, 3.8) is 0 Å². The van der Waals surface area contributed by atoms with Crippen LogP contribution in [0, 0.1) is 5.82 Å². The van der Waals surface area contributed by atoms with E-state index in [2.05, 4.69) is 5.32 Å². The molecule has 1 N–H and O–H groups in total. The Morgan fingerprint density at radius 3 is 2.36 bits per heavy atom. The number of benzene rings is 2. The first-order valence-electron chi connectivity index (χ1n) is 8.49. The lowest BCUT2D eigenvalue weighted by Gasteiger charge is -2.16. The van der Waals surface area contributed by atoms with Crippen molar-refractivity contribution in [1.29, 1.82) is 0 Å². The first kappa shape index (κ1) is 19.9. The zero-order valence-electron chi connectivity index (χ0n) is 15.0. The van der Waals surface area contributed by atoms with Crippen LogP contribution in [0.15, 0.2) is 47.4 Å². The standard InChI is InChI=1S/C19H18F2N2O4S/c1-28(26,27)17-4-2-12(3-5-17)18(24)22-16-9-13(8-15(21)10-16)19(25)23-7-6-14(20)11-23/h2-5,8-10,14H,6-7,11H2,1H3,(H,22,24)/t14-/m1/s1. The Balaban J connectivity index is 1.77. The van der Waals surface area contributed by atoms with Crippen LogP contribution in [0.3, 0.4) is 0 Å². The summed E-state index contributed by atoms with van der Waals surface area (Å²) in [6, 6.07) is 8.67. The predicted octanol–water partition coefficient (Wildman–Crippen LogP) is 2.67. The van der Waals surface area contributed by atoms with Crippen LogP contribution in [-0.2, 0) is 9.84 Å². The van der Waals surface area contributed by atoms with Gasteiger partial charge in [0.1, 0.15) is 12.0 Å². The van der Waals surface area contributed by atoms with Gasteiger partial charge in [-0.1, -0.05) is 0 Å². The summed E-state index contributed by atoms with van der Waals surface area (Å²) < 4.78 is 50.2. The minimum absolute atomic E-state index is 0.0109. The second-order valence-corrected chi connectivity index (χ2v) is 8.63. The lowest BCUT2D eigenvalue weighted by Crippen LogP contribution is -2.29. The Hall–Kier alpha value is -2.81. The van der Waals surface area contributed by atoms with Crippen molar-refractivity contribution in [3.8, 4) is 0 Å². The van der Waals surface area contributed by atoms with E-state index in [0.717, 1.165) is 18.4 Å². The molecule has 0 aromatic heterocycles. The lowest BCUT2D eigenvalue weighted by atomic mass is 10.1. The second kappa shape index (κ2) is 7.67. The molecule has 1 aliphatic rings. The Kier molecular flexibility index (Phi) is 5.46. The van der Waals surface area contributed by atoms with E-state index in [0.29, 0.717) is 0 Å². The zero-order chi connectivity index (χ0) is 20.5. The molecule has 0 saturated carbocycles. The van der Waals surface area contributed by atoms with Gasteiger partial charge in [0.25, 0.3) is 11.8 Å². The molecular weight excluding hydrogens is 390 g/mol. The molecule has 6 nitrogen and oxygen atoms in total. The summed E-state index contributed by atoms with van der Waals surface area (Å²) in [7, 11) is -3.39. The summed E-state index contributed by atoms with van der Waals surface area (Å²) in [6.07, 6.45) is 0.207. The molecule has 1 fully saturated rings. The number of alkyl halides is 1. The van der Waals surface area contributed by atoms with Gasteiger partial charge in [-0.25, -0.2) is 17.2 Å². The third-order valence-corrected chi connectivity index (χ3v) is 5.49. The van der Waals surface area contributed by atoms with E-state index in [-0.39, 0.29) is 41.2 Å². The Labute approximate surface area is 161 Å². The number of sulfone groups is 1. The first-order chi connectivity index (χ1) is 13.1. The lowest BCUT2D eigenvalue weighted by molar-refractivity contribution is 0.0782. The van der Waals surface area contributed by atoms with Crippen LogP contribution in [0.25, 0.3) is 0 Å². The molecule has 9 heteroatoms. The summed E-state index contributed by atoms with van der Waals surface area (Å²) in [4.78, 5) is 26.1. The molecule has 28 heavy (non-hydrogen) atoms. The molecule has 0 spiro atoms. The van der Waals surface area contributed by atoms with E-state index in [1.165, 1.54) is 35.2 Å². The SMILES string of the molecule is CS(=O)(=O)c1ccc(C(=O)Nc2cc(F)cc(C(=O)N3CC[C@@H](F)C3)c2)cc1. The Bertz CT molecular complexity index is 1020. The summed E-state index contributed by atoms with van der Waals surface area (Å²) in [5.74, 6) is -1.81. The number of halogens is 2. The van der Waals surface area contributed by atoms with Crippen molar-refractivity contribution in [2.45, 2.75) is 17.5 Å². The zero-order valence-corrected chi connectivity index (χ0v) is 15.8. The molecule has 0 bridgehead atoms.